The molecule has 2 N–H and O–H groups in total. The van der Waals surface area contributed by atoms with Crippen LogP contribution in [0.3, 0.4) is 0 Å². The summed E-state index contributed by atoms with van der Waals surface area (Å²) in [4.78, 5) is 0. The van der Waals surface area contributed by atoms with Crippen LogP contribution in [-0.2, 0) is 0 Å². The number of halogens is 1. The molecular formula is C16H15FN2O2. The molecule has 0 spiro atoms. The van der Waals surface area contributed by atoms with Crippen LogP contribution in [0.5, 0.6) is 17.2 Å². The molecule has 5 heteroatoms. The van der Waals surface area contributed by atoms with Gasteiger partial charge in [-0.3, -0.25) is 0 Å². The minimum absolute atomic E-state index is 0.377. The fraction of sp³-hybridized carbons (Fsp3) is 0.188. The molecule has 2 rings (SSSR count). The van der Waals surface area contributed by atoms with E-state index in [2.05, 4.69) is 0 Å². The molecule has 0 heterocycles. The van der Waals surface area contributed by atoms with Crippen molar-refractivity contribution in [2.75, 3.05) is 7.11 Å². The summed E-state index contributed by atoms with van der Waals surface area (Å²) in [7, 11) is 1.51. The number of hydrogen-bond donors (Lipinski definition) is 1. The molecule has 0 amide bonds. The third-order valence-corrected chi connectivity index (χ3v) is 2.94. The van der Waals surface area contributed by atoms with Crippen LogP contribution in [-0.4, -0.2) is 7.11 Å². The van der Waals surface area contributed by atoms with Gasteiger partial charge in [0.25, 0.3) is 0 Å². The Bertz CT molecular complexity index is 693. The Hall–Kier alpha value is -2.58. The number of hydrogen-bond acceptors (Lipinski definition) is 4. The summed E-state index contributed by atoms with van der Waals surface area (Å²) >= 11 is 0. The predicted molar refractivity (Wildman–Crippen MR) is 76.8 cm³/mol. The molecule has 0 aliphatic carbocycles. The fourth-order valence-electron chi connectivity index (χ4n) is 1.91. The molecule has 0 aliphatic rings. The molecular weight excluding hydrogens is 271 g/mol. The highest BCUT2D eigenvalue weighted by Gasteiger charge is 2.11. The zero-order valence-electron chi connectivity index (χ0n) is 11.8. The molecule has 21 heavy (non-hydrogen) atoms. The van der Waals surface area contributed by atoms with E-state index >= 15 is 0 Å². The zero-order chi connectivity index (χ0) is 15.4. The average Bonchev–Trinajstić information content (AvgIpc) is 2.48. The number of nitriles is 1. The summed E-state index contributed by atoms with van der Waals surface area (Å²) in [5, 5.41) is 9.00. The molecule has 0 saturated carbocycles. The van der Waals surface area contributed by atoms with Gasteiger partial charge in [-0.15, -0.1) is 0 Å². The highest BCUT2D eigenvalue weighted by atomic mass is 19.1. The summed E-state index contributed by atoms with van der Waals surface area (Å²) in [5.41, 5.74) is 6.79. The topological polar surface area (TPSA) is 68.3 Å². The molecule has 0 radical (unpaired) electrons. The van der Waals surface area contributed by atoms with E-state index in [1.165, 1.54) is 25.3 Å². The minimum atomic E-state index is -0.378. The molecule has 0 aliphatic heterocycles. The molecule has 0 saturated heterocycles. The van der Waals surface area contributed by atoms with Gasteiger partial charge in [0.1, 0.15) is 23.1 Å². The first-order valence-corrected chi connectivity index (χ1v) is 6.35. The molecule has 108 valence electrons. The lowest BCUT2D eigenvalue weighted by Gasteiger charge is -2.14. The number of benzene rings is 2. The Labute approximate surface area is 122 Å². The van der Waals surface area contributed by atoms with Gasteiger partial charge >= 0.3 is 0 Å². The second-order valence-electron chi connectivity index (χ2n) is 4.58. The maximum Gasteiger partial charge on any atom is 0.132 e. The Kier molecular flexibility index (Phi) is 4.41. The van der Waals surface area contributed by atoms with Crippen molar-refractivity contribution in [1.82, 2.24) is 0 Å². The van der Waals surface area contributed by atoms with Crippen LogP contribution in [0, 0.1) is 17.1 Å². The summed E-state index contributed by atoms with van der Waals surface area (Å²) in [5.74, 6) is 1.01. The van der Waals surface area contributed by atoms with Crippen molar-refractivity contribution >= 4 is 0 Å². The maximum atomic E-state index is 13.3. The minimum Gasteiger partial charge on any atom is -0.497 e. The third kappa shape index (κ3) is 3.50. The summed E-state index contributed by atoms with van der Waals surface area (Å²) in [6, 6.07) is 10.6. The molecule has 0 aromatic heterocycles. The number of methoxy groups -OCH3 is 1. The molecule has 2 aromatic carbocycles. The molecule has 0 fully saturated rings. The van der Waals surface area contributed by atoms with E-state index in [0.29, 0.717) is 28.4 Å². The number of nitrogens with two attached hydrogens (primary N) is 1. The van der Waals surface area contributed by atoms with E-state index in [-0.39, 0.29) is 11.9 Å². The van der Waals surface area contributed by atoms with Crippen LogP contribution in [0.25, 0.3) is 0 Å². The second-order valence-corrected chi connectivity index (χ2v) is 4.58. The lowest BCUT2D eigenvalue weighted by Crippen LogP contribution is -2.07. The highest BCUT2D eigenvalue weighted by molar-refractivity contribution is 5.47. The van der Waals surface area contributed by atoms with Crippen LogP contribution in [0.4, 0.5) is 4.39 Å². The van der Waals surface area contributed by atoms with E-state index in [0.717, 1.165) is 0 Å². The zero-order valence-corrected chi connectivity index (χ0v) is 11.8. The fourth-order valence-corrected chi connectivity index (χ4v) is 1.91. The first-order chi connectivity index (χ1) is 10.0. The van der Waals surface area contributed by atoms with E-state index in [9.17, 15) is 4.39 Å². The van der Waals surface area contributed by atoms with Crippen molar-refractivity contribution in [3.8, 4) is 23.3 Å². The highest BCUT2D eigenvalue weighted by Crippen LogP contribution is 2.32. The van der Waals surface area contributed by atoms with Gasteiger partial charge in [0.2, 0.25) is 0 Å². The van der Waals surface area contributed by atoms with Crippen molar-refractivity contribution in [3.63, 3.8) is 0 Å². The predicted octanol–water partition coefficient (Wildman–Crippen LogP) is 3.52. The van der Waals surface area contributed by atoms with Gasteiger partial charge in [-0.05, 0) is 37.3 Å². The van der Waals surface area contributed by atoms with Crippen molar-refractivity contribution in [3.05, 3.63) is 53.3 Å². The smallest absolute Gasteiger partial charge is 0.132 e. The summed E-state index contributed by atoms with van der Waals surface area (Å²) < 4.78 is 24.2. The van der Waals surface area contributed by atoms with E-state index in [1.807, 2.05) is 6.07 Å². The second kappa shape index (κ2) is 6.25. The van der Waals surface area contributed by atoms with Gasteiger partial charge in [0.05, 0.1) is 18.7 Å². The van der Waals surface area contributed by atoms with Gasteiger partial charge in [0.15, 0.2) is 0 Å². The number of rotatable bonds is 4. The van der Waals surface area contributed by atoms with Crippen LogP contribution < -0.4 is 15.2 Å². The van der Waals surface area contributed by atoms with Crippen molar-refractivity contribution in [2.24, 2.45) is 5.73 Å². The largest absolute Gasteiger partial charge is 0.497 e. The first kappa shape index (κ1) is 14.8. The molecule has 4 nitrogen and oxygen atoms in total. The summed E-state index contributed by atoms with van der Waals surface area (Å²) in [6.07, 6.45) is 0. The van der Waals surface area contributed by atoms with Gasteiger partial charge in [-0.1, -0.05) is 0 Å². The van der Waals surface area contributed by atoms with Gasteiger partial charge in [0, 0.05) is 17.7 Å². The van der Waals surface area contributed by atoms with E-state index in [1.54, 1.807) is 25.1 Å². The van der Waals surface area contributed by atoms with E-state index < -0.39 is 0 Å². The third-order valence-electron chi connectivity index (χ3n) is 2.94. The van der Waals surface area contributed by atoms with Crippen LogP contribution in [0.15, 0.2) is 36.4 Å². The van der Waals surface area contributed by atoms with Gasteiger partial charge in [-0.25, -0.2) is 4.39 Å². The molecule has 0 unspecified atom stereocenters. The van der Waals surface area contributed by atoms with Crippen LogP contribution in [0.2, 0.25) is 0 Å². The van der Waals surface area contributed by atoms with Crippen molar-refractivity contribution in [1.29, 1.82) is 5.26 Å². The SMILES string of the molecule is COc1cc(C#N)cc(Oc2ccc(F)cc2[C@H](C)N)c1. The molecule has 2 aromatic rings. The maximum absolute atomic E-state index is 13.3. The van der Waals surface area contributed by atoms with E-state index in [4.69, 9.17) is 20.5 Å². The summed E-state index contributed by atoms with van der Waals surface area (Å²) in [6.45, 7) is 1.74. The first-order valence-electron chi connectivity index (χ1n) is 6.35. The quantitative estimate of drug-likeness (QED) is 0.933. The number of nitrogens with zero attached hydrogens (tertiary/aromatic N) is 1. The Morgan fingerprint density at radius 2 is 1.90 bits per heavy atom. The van der Waals surface area contributed by atoms with Crippen molar-refractivity contribution in [2.45, 2.75) is 13.0 Å². The lowest BCUT2D eigenvalue weighted by molar-refractivity contribution is 0.408. The normalized spacial score (nSPS) is 11.6. The monoisotopic (exact) mass is 286 g/mol. The standard InChI is InChI=1S/C16H15FN2O2/c1-10(19)15-7-12(17)3-4-16(15)21-14-6-11(9-18)5-13(8-14)20-2/h3-8,10H,19H2,1-2H3/t10-/m0/s1. The Morgan fingerprint density at radius 1 is 1.19 bits per heavy atom. The average molecular weight is 286 g/mol. The van der Waals surface area contributed by atoms with Crippen LogP contribution >= 0.6 is 0 Å². The van der Waals surface area contributed by atoms with Gasteiger partial charge in [-0.2, -0.15) is 5.26 Å². The molecule has 1 atom stereocenters. The molecule has 0 bridgehead atoms. The number of ether oxygens (including phenoxy) is 2. The Balaban J connectivity index is 2.41. The van der Waals surface area contributed by atoms with Crippen molar-refractivity contribution < 1.29 is 13.9 Å². The van der Waals surface area contributed by atoms with Gasteiger partial charge < -0.3 is 15.2 Å². The van der Waals surface area contributed by atoms with Crippen LogP contribution in [0.1, 0.15) is 24.1 Å². The Morgan fingerprint density at radius 3 is 2.52 bits per heavy atom. The lowest BCUT2D eigenvalue weighted by atomic mass is 10.1.